The first-order valence-electron chi connectivity index (χ1n) is 9.56. The normalized spacial score (nSPS) is 10.7. The molecule has 0 radical (unpaired) electrons. The van der Waals surface area contributed by atoms with E-state index in [1.807, 2.05) is 12.3 Å². The van der Waals surface area contributed by atoms with Gasteiger partial charge in [-0.3, -0.25) is 0 Å². The maximum Gasteiger partial charge on any atom is 0.140 e. The van der Waals surface area contributed by atoms with Gasteiger partial charge in [0, 0.05) is 30.1 Å². The summed E-state index contributed by atoms with van der Waals surface area (Å²) in [7, 11) is 2.10. The summed E-state index contributed by atoms with van der Waals surface area (Å²) in [5.41, 5.74) is 8.47. The molecule has 4 rings (SSSR count). The molecule has 0 unspecified atom stereocenters. The molecule has 0 amide bonds. The van der Waals surface area contributed by atoms with Gasteiger partial charge in [-0.15, -0.1) is 0 Å². The van der Waals surface area contributed by atoms with Gasteiger partial charge in [-0.05, 0) is 54.3 Å². The smallest absolute Gasteiger partial charge is 0.140 e. The second-order valence-corrected chi connectivity index (χ2v) is 7.08. The van der Waals surface area contributed by atoms with E-state index in [-0.39, 0.29) is 0 Å². The Morgan fingerprint density at radius 2 is 1.07 bits per heavy atom. The average Bonchev–Trinajstić information content (AvgIpc) is 2.74. The van der Waals surface area contributed by atoms with Gasteiger partial charge in [0.1, 0.15) is 5.82 Å². The van der Waals surface area contributed by atoms with E-state index in [2.05, 4.69) is 105 Å². The third-order valence-corrected chi connectivity index (χ3v) is 5.24. The Morgan fingerprint density at radius 3 is 1.71 bits per heavy atom. The number of rotatable bonds is 4. The van der Waals surface area contributed by atoms with Crippen LogP contribution in [0, 0.1) is 13.8 Å². The molecule has 0 N–H and O–H groups in total. The van der Waals surface area contributed by atoms with Crippen LogP contribution in [0.15, 0.2) is 91.1 Å². The van der Waals surface area contributed by atoms with Gasteiger partial charge in [0.15, 0.2) is 0 Å². The van der Waals surface area contributed by atoms with E-state index in [1.165, 1.54) is 27.8 Å². The first-order chi connectivity index (χ1) is 13.7. The molecule has 0 aliphatic carbocycles. The Bertz CT molecular complexity index is 1030. The molecule has 2 nitrogen and oxygen atoms in total. The summed E-state index contributed by atoms with van der Waals surface area (Å²) < 4.78 is 0. The molecule has 0 aliphatic rings. The van der Waals surface area contributed by atoms with Crippen molar-refractivity contribution in [2.45, 2.75) is 13.8 Å². The van der Waals surface area contributed by atoms with E-state index in [4.69, 9.17) is 4.98 Å². The Kier molecular flexibility index (Phi) is 4.94. The summed E-state index contributed by atoms with van der Waals surface area (Å²) in [5.74, 6) is 0.956. The third kappa shape index (κ3) is 3.29. The average molecular weight is 364 g/mol. The van der Waals surface area contributed by atoms with Gasteiger partial charge < -0.3 is 4.90 Å². The molecule has 138 valence electrons. The van der Waals surface area contributed by atoms with Gasteiger partial charge >= 0.3 is 0 Å². The van der Waals surface area contributed by atoms with Crippen LogP contribution in [0.2, 0.25) is 0 Å². The number of hydrogen-bond acceptors (Lipinski definition) is 2. The van der Waals surface area contributed by atoms with E-state index >= 15 is 0 Å². The lowest BCUT2D eigenvalue weighted by Crippen LogP contribution is -2.13. The minimum atomic E-state index is 0.956. The highest BCUT2D eigenvalue weighted by Gasteiger charge is 2.17. The van der Waals surface area contributed by atoms with Crippen molar-refractivity contribution in [3.8, 4) is 22.3 Å². The van der Waals surface area contributed by atoms with E-state index < -0.39 is 0 Å². The van der Waals surface area contributed by atoms with Crippen LogP contribution in [0.4, 0.5) is 11.5 Å². The van der Waals surface area contributed by atoms with Gasteiger partial charge in [0.2, 0.25) is 0 Å². The number of para-hydroxylation sites is 1. The summed E-state index contributed by atoms with van der Waals surface area (Å²) in [6.07, 6.45) is 1.87. The number of pyridine rings is 1. The Hall–Kier alpha value is -3.39. The third-order valence-electron chi connectivity index (χ3n) is 5.24. The number of hydrogen-bond donors (Lipinski definition) is 0. The van der Waals surface area contributed by atoms with Gasteiger partial charge in [-0.2, -0.15) is 0 Å². The highest BCUT2D eigenvalue weighted by atomic mass is 15.2. The van der Waals surface area contributed by atoms with E-state index in [9.17, 15) is 0 Å². The summed E-state index contributed by atoms with van der Waals surface area (Å²) in [4.78, 5) is 6.95. The molecule has 1 heterocycles. The van der Waals surface area contributed by atoms with Gasteiger partial charge in [0.25, 0.3) is 0 Å². The summed E-state index contributed by atoms with van der Waals surface area (Å²) >= 11 is 0. The molecule has 0 bridgehead atoms. The van der Waals surface area contributed by atoms with Gasteiger partial charge in [0.05, 0.1) is 0 Å². The molecule has 4 aromatic rings. The molecule has 2 heteroatoms. The minimum Gasteiger partial charge on any atom is -0.328 e. The maximum absolute atomic E-state index is 4.76. The van der Waals surface area contributed by atoms with Crippen LogP contribution in [-0.2, 0) is 0 Å². The second kappa shape index (κ2) is 7.69. The topological polar surface area (TPSA) is 16.1 Å². The monoisotopic (exact) mass is 364 g/mol. The molecule has 0 aliphatic heterocycles. The standard InChI is InChI=1S/C26H24N2/c1-19-11-4-6-13-21(19)23-15-8-9-17-25(23)28(3)26-24(16-10-18-27-26)22-14-7-5-12-20(22)2/h4-18H,1-3H3. The summed E-state index contributed by atoms with van der Waals surface area (Å²) in [5, 5.41) is 0. The molecule has 0 saturated carbocycles. The number of aryl methyl sites for hydroxylation is 2. The molecule has 0 fully saturated rings. The van der Waals surface area contributed by atoms with E-state index in [0.717, 1.165) is 17.1 Å². The minimum absolute atomic E-state index is 0.956. The summed E-state index contributed by atoms with van der Waals surface area (Å²) in [6, 6.07) is 29.7. The lowest BCUT2D eigenvalue weighted by atomic mass is 9.97. The van der Waals surface area contributed by atoms with Crippen molar-refractivity contribution in [2.75, 3.05) is 11.9 Å². The first kappa shape index (κ1) is 18.0. The lowest BCUT2D eigenvalue weighted by Gasteiger charge is -2.25. The van der Waals surface area contributed by atoms with Crippen LogP contribution in [0.25, 0.3) is 22.3 Å². The number of nitrogens with zero attached hydrogens (tertiary/aromatic N) is 2. The molecule has 3 aromatic carbocycles. The SMILES string of the molecule is Cc1ccccc1-c1ccccc1N(C)c1ncccc1-c1ccccc1C. The highest BCUT2D eigenvalue weighted by Crippen LogP contribution is 2.38. The molecular weight excluding hydrogens is 340 g/mol. The van der Waals surface area contributed by atoms with Crippen LogP contribution in [0.1, 0.15) is 11.1 Å². The zero-order chi connectivity index (χ0) is 19.5. The van der Waals surface area contributed by atoms with Crippen molar-refractivity contribution in [2.24, 2.45) is 0 Å². The Balaban J connectivity index is 1.86. The fourth-order valence-corrected chi connectivity index (χ4v) is 3.73. The molecule has 0 saturated heterocycles. The van der Waals surface area contributed by atoms with Gasteiger partial charge in [-0.25, -0.2) is 4.98 Å². The van der Waals surface area contributed by atoms with E-state index in [1.54, 1.807) is 0 Å². The van der Waals surface area contributed by atoms with Crippen LogP contribution in [0.5, 0.6) is 0 Å². The van der Waals surface area contributed by atoms with Crippen LogP contribution in [-0.4, -0.2) is 12.0 Å². The molecule has 0 atom stereocenters. The fourth-order valence-electron chi connectivity index (χ4n) is 3.73. The molecular formula is C26H24N2. The zero-order valence-corrected chi connectivity index (χ0v) is 16.6. The summed E-state index contributed by atoms with van der Waals surface area (Å²) in [6.45, 7) is 4.30. The van der Waals surface area contributed by atoms with Gasteiger partial charge in [-0.1, -0.05) is 66.7 Å². The van der Waals surface area contributed by atoms with E-state index in [0.29, 0.717) is 0 Å². The predicted octanol–water partition coefficient (Wildman–Crippen LogP) is 6.80. The van der Waals surface area contributed by atoms with Crippen LogP contribution < -0.4 is 4.90 Å². The highest BCUT2D eigenvalue weighted by molar-refractivity contribution is 5.87. The number of anilines is 2. The van der Waals surface area contributed by atoms with Crippen LogP contribution >= 0.6 is 0 Å². The molecule has 1 aromatic heterocycles. The Morgan fingerprint density at radius 1 is 0.571 bits per heavy atom. The second-order valence-electron chi connectivity index (χ2n) is 7.08. The number of aromatic nitrogens is 1. The Labute approximate surface area is 167 Å². The van der Waals surface area contributed by atoms with Crippen molar-refractivity contribution in [1.82, 2.24) is 4.98 Å². The quantitative estimate of drug-likeness (QED) is 0.396. The van der Waals surface area contributed by atoms with Crippen molar-refractivity contribution in [1.29, 1.82) is 0 Å². The van der Waals surface area contributed by atoms with Crippen molar-refractivity contribution in [3.05, 3.63) is 102 Å². The fraction of sp³-hybridized carbons (Fsp3) is 0.115. The van der Waals surface area contributed by atoms with Crippen molar-refractivity contribution in [3.63, 3.8) is 0 Å². The predicted molar refractivity (Wildman–Crippen MR) is 119 cm³/mol. The number of benzene rings is 3. The molecule has 28 heavy (non-hydrogen) atoms. The van der Waals surface area contributed by atoms with Crippen molar-refractivity contribution >= 4 is 11.5 Å². The molecule has 0 spiro atoms. The maximum atomic E-state index is 4.76. The largest absolute Gasteiger partial charge is 0.328 e. The first-order valence-corrected chi connectivity index (χ1v) is 9.56. The zero-order valence-electron chi connectivity index (χ0n) is 16.6. The van der Waals surface area contributed by atoms with Crippen molar-refractivity contribution < 1.29 is 0 Å². The lowest BCUT2D eigenvalue weighted by molar-refractivity contribution is 1.13. The van der Waals surface area contributed by atoms with Crippen LogP contribution in [0.3, 0.4) is 0 Å².